The summed E-state index contributed by atoms with van der Waals surface area (Å²) in [5.41, 5.74) is 10.2. The van der Waals surface area contributed by atoms with Gasteiger partial charge in [0.1, 0.15) is 5.69 Å². The Hall–Kier alpha value is -3.29. The average Bonchev–Trinajstić information content (AvgIpc) is 3.07. The van der Waals surface area contributed by atoms with Gasteiger partial charge >= 0.3 is 0 Å². The van der Waals surface area contributed by atoms with E-state index in [0.717, 1.165) is 31.1 Å². The Labute approximate surface area is 234 Å². The van der Waals surface area contributed by atoms with E-state index in [1.165, 1.54) is 16.9 Å². The lowest BCUT2D eigenvalue weighted by Crippen LogP contribution is -2.23. The maximum absolute atomic E-state index is 4.95. The van der Waals surface area contributed by atoms with E-state index in [-0.39, 0.29) is 5.41 Å². The fourth-order valence-electron chi connectivity index (χ4n) is 4.79. The summed E-state index contributed by atoms with van der Waals surface area (Å²) in [7, 11) is 2.10. The van der Waals surface area contributed by atoms with Gasteiger partial charge in [-0.05, 0) is 70.4 Å². The summed E-state index contributed by atoms with van der Waals surface area (Å²) in [6.07, 6.45) is 3.85. The highest BCUT2D eigenvalue weighted by Crippen LogP contribution is 2.46. The molecule has 0 fully saturated rings. The number of hydrazone groups is 1. The van der Waals surface area contributed by atoms with E-state index in [9.17, 15) is 0 Å². The molecule has 0 radical (unpaired) electrons. The van der Waals surface area contributed by atoms with Crippen LogP contribution in [0.5, 0.6) is 0 Å². The molecule has 3 aromatic carbocycles. The van der Waals surface area contributed by atoms with Gasteiger partial charge in [-0.25, -0.2) is 9.98 Å². The molecule has 0 unspecified atom stereocenters. The van der Waals surface area contributed by atoms with E-state index in [4.69, 9.17) is 9.98 Å². The van der Waals surface area contributed by atoms with E-state index in [1.807, 2.05) is 49.4 Å². The largest absolute Gasteiger partial charge is 0.347 e. The minimum Gasteiger partial charge on any atom is -0.347 e. The van der Waals surface area contributed by atoms with Crippen molar-refractivity contribution in [2.75, 3.05) is 11.9 Å². The van der Waals surface area contributed by atoms with Crippen LogP contribution in [0.1, 0.15) is 30.7 Å². The summed E-state index contributed by atoms with van der Waals surface area (Å²) in [5, 5.41) is 5.63. The van der Waals surface area contributed by atoms with E-state index in [2.05, 4.69) is 105 Å². The monoisotopic (exact) mass is 615 g/mol. The molecule has 0 saturated heterocycles. The van der Waals surface area contributed by atoms with Crippen LogP contribution in [-0.2, 0) is 5.41 Å². The Morgan fingerprint density at radius 1 is 1.00 bits per heavy atom. The van der Waals surface area contributed by atoms with Crippen LogP contribution in [0, 0.1) is 6.92 Å². The molecule has 5 rings (SSSR count). The number of anilines is 1. The van der Waals surface area contributed by atoms with Gasteiger partial charge in [0.05, 0.1) is 11.2 Å². The molecule has 1 aromatic heterocycles. The molecular weight excluding hydrogens is 590 g/mol. The predicted molar refractivity (Wildman–Crippen MR) is 162 cm³/mol. The highest BCUT2D eigenvalue weighted by atomic mass is 79.9. The molecule has 2 heterocycles. The van der Waals surface area contributed by atoms with Crippen molar-refractivity contribution in [2.45, 2.75) is 26.2 Å². The fourth-order valence-corrected chi connectivity index (χ4v) is 6.32. The number of fused-ring (bicyclic) bond motifs is 2. The third-order valence-electron chi connectivity index (χ3n) is 6.70. The first kappa shape index (κ1) is 25.4. The molecule has 5 nitrogen and oxygen atoms in total. The average molecular weight is 617 g/mol. The lowest BCUT2D eigenvalue weighted by molar-refractivity contribution is 0.641. The van der Waals surface area contributed by atoms with Crippen LogP contribution in [0.3, 0.4) is 0 Å². The maximum atomic E-state index is 4.95. The molecule has 4 aromatic rings. The number of aryl methyl sites for hydroxylation is 1. The van der Waals surface area contributed by atoms with E-state index in [1.54, 1.807) is 6.21 Å². The number of pyridine rings is 1. The van der Waals surface area contributed by atoms with Crippen molar-refractivity contribution >= 4 is 66.2 Å². The summed E-state index contributed by atoms with van der Waals surface area (Å²) < 4.78 is 1.88. The van der Waals surface area contributed by atoms with Crippen molar-refractivity contribution in [3.63, 3.8) is 0 Å². The number of nitrogens with zero attached hydrogens (tertiary/aromatic N) is 4. The Morgan fingerprint density at radius 2 is 1.76 bits per heavy atom. The number of allylic oxidation sites excluding steroid dienone is 2. The maximum Gasteiger partial charge on any atom is 0.173 e. The summed E-state index contributed by atoms with van der Waals surface area (Å²) in [5.74, 6) is 0.564. The third-order valence-corrected chi connectivity index (χ3v) is 7.76. The molecule has 0 amide bonds. The van der Waals surface area contributed by atoms with Crippen LogP contribution < -0.4 is 10.3 Å². The van der Waals surface area contributed by atoms with Gasteiger partial charge in [-0.3, -0.25) is 5.43 Å². The first-order valence-corrected chi connectivity index (χ1v) is 13.6. The van der Waals surface area contributed by atoms with E-state index in [0.29, 0.717) is 11.5 Å². The smallest absolute Gasteiger partial charge is 0.173 e. The Balaban J connectivity index is 1.51. The number of hydrogen-bond acceptors (Lipinski definition) is 4. The van der Waals surface area contributed by atoms with E-state index < -0.39 is 0 Å². The van der Waals surface area contributed by atoms with Crippen LogP contribution in [0.15, 0.2) is 104 Å². The van der Waals surface area contributed by atoms with E-state index >= 15 is 0 Å². The zero-order valence-corrected chi connectivity index (χ0v) is 24.3. The quantitative estimate of drug-likeness (QED) is 0.143. The summed E-state index contributed by atoms with van der Waals surface area (Å²) >= 11 is 7.21. The van der Waals surface area contributed by atoms with Crippen molar-refractivity contribution < 1.29 is 0 Å². The second-order valence-corrected chi connectivity index (χ2v) is 11.3. The molecule has 186 valence electrons. The van der Waals surface area contributed by atoms with Crippen molar-refractivity contribution in [1.82, 2.24) is 10.4 Å². The number of likely N-dealkylation sites (N-methyl/N-ethyl adjacent to an activating group) is 1. The predicted octanol–water partition coefficient (Wildman–Crippen LogP) is 8.03. The van der Waals surface area contributed by atoms with Crippen LogP contribution in [0.25, 0.3) is 10.9 Å². The summed E-state index contributed by atoms with van der Waals surface area (Å²) in [6.45, 7) is 6.51. The standard InChI is InChI=1S/C30H27Br2N5/c1-19-17-21(31)18-23(32)28(19)35-29(25-14-13-20-9-5-7-11-24(20)34-25)36-33-16-15-27-30(2,3)22-10-6-8-12-26(22)37(27)4/h5-18H,1-4H3,(H,35,36). The van der Waals surface area contributed by atoms with Crippen LogP contribution in [0.4, 0.5) is 11.4 Å². The second kappa shape index (κ2) is 10.2. The Bertz CT molecular complexity index is 1560. The van der Waals surface area contributed by atoms with Crippen molar-refractivity contribution in [3.05, 3.63) is 110 Å². The number of halogens is 2. The molecule has 1 aliphatic rings. The van der Waals surface area contributed by atoms with Gasteiger partial charge < -0.3 is 4.90 Å². The number of para-hydroxylation sites is 2. The zero-order chi connectivity index (χ0) is 26.2. The van der Waals surface area contributed by atoms with Gasteiger partial charge in [-0.1, -0.05) is 72.2 Å². The molecule has 0 spiro atoms. The first-order chi connectivity index (χ1) is 17.8. The first-order valence-electron chi connectivity index (χ1n) is 12.0. The highest BCUT2D eigenvalue weighted by molar-refractivity contribution is 9.11. The van der Waals surface area contributed by atoms with Crippen molar-refractivity contribution in [3.8, 4) is 0 Å². The molecule has 0 atom stereocenters. The Morgan fingerprint density at radius 3 is 2.54 bits per heavy atom. The number of benzene rings is 3. The number of hydrogen-bond donors (Lipinski definition) is 1. The third kappa shape index (κ3) is 4.98. The number of aliphatic imine (C=N–C) groups is 1. The SMILES string of the molecule is Cc1cc(Br)cc(Br)c1N=C(NN=CC=C1N(C)c2ccccc2C1(C)C)c1ccc2ccccc2n1. The summed E-state index contributed by atoms with van der Waals surface area (Å²) in [6, 6.07) is 24.6. The molecule has 0 bridgehead atoms. The number of amidine groups is 1. The lowest BCUT2D eigenvalue weighted by atomic mass is 9.84. The van der Waals surface area contributed by atoms with Gasteiger partial charge in [0.25, 0.3) is 0 Å². The molecule has 0 aliphatic carbocycles. The van der Waals surface area contributed by atoms with Crippen LogP contribution in [0.2, 0.25) is 0 Å². The van der Waals surface area contributed by atoms with Gasteiger partial charge in [-0.2, -0.15) is 5.10 Å². The van der Waals surface area contributed by atoms with Crippen LogP contribution >= 0.6 is 31.9 Å². The minimum absolute atomic E-state index is 0.117. The van der Waals surface area contributed by atoms with Crippen LogP contribution in [-0.4, -0.2) is 24.1 Å². The van der Waals surface area contributed by atoms with Crippen molar-refractivity contribution in [2.24, 2.45) is 10.1 Å². The second-order valence-electron chi connectivity index (χ2n) is 9.55. The molecule has 37 heavy (non-hydrogen) atoms. The zero-order valence-electron chi connectivity index (χ0n) is 21.1. The number of rotatable bonds is 4. The number of nitrogens with one attached hydrogen (secondary N) is 1. The molecule has 1 aliphatic heterocycles. The minimum atomic E-state index is -0.117. The fraction of sp³-hybridized carbons (Fsp3) is 0.167. The molecular formula is C30H27Br2N5. The topological polar surface area (TPSA) is 52.9 Å². The normalized spacial score (nSPS) is 16.1. The van der Waals surface area contributed by atoms with Crippen molar-refractivity contribution in [1.29, 1.82) is 0 Å². The lowest BCUT2D eigenvalue weighted by Gasteiger charge is -2.23. The van der Waals surface area contributed by atoms with Gasteiger partial charge in [0.15, 0.2) is 5.84 Å². The molecule has 7 heteroatoms. The Kier molecular flexibility index (Phi) is 7.01. The molecule has 1 N–H and O–H groups in total. The highest BCUT2D eigenvalue weighted by Gasteiger charge is 2.37. The molecule has 0 saturated carbocycles. The van der Waals surface area contributed by atoms with Gasteiger partial charge in [0.2, 0.25) is 0 Å². The number of aromatic nitrogens is 1. The van der Waals surface area contributed by atoms with Gasteiger partial charge in [0, 0.05) is 44.4 Å². The summed E-state index contributed by atoms with van der Waals surface area (Å²) in [4.78, 5) is 12.0. The van der Waals surface area contributed by atoms with Gasteiger partial charge in [-0.15, -0.1) is 0 Å².